The SMILES string of the molecule is CC(C)(CO)C(CNc1nc(C(F)F)nc2ccccc12)c1ccccc1. The molecule has 4 nitrogen and oxygen atoms in total. The van der Waals surface area contributed by atoms with Crippen LogP contribution in [0, 0.1) is 5.41 Å². The van der Waals surface area contributed by atoms with Gasteiger partial charge in [-0.1, -0.05) is 56.3 Å². The van der Waals surface area contributed by atoms with E-state index >= 15 is 0 Å². The van der Waals surface area contributed by atoms with Crippen LogP contribution in [0.25, 0.3) is 10.9 Å². The van der Waals surface area contributed by atoms with Crippen molar-refractivity contribution >= 4 is 16.7 Å². The Balaban J connectivity index is 1.96. The van der Waals surface area contributed by atoms with E-state index in [1.54, 1.807) is 12.1 Å². The van der Waals surface area contributed by atoms with Crippen LogP contribution in [0.4, 0.5) is 14.6 Å². The number of nitrogens with zero attached hydrogens (tertiary/aromatic N) is 2. The minimum absolute atomic E-state index is 0.00104. The second kappa shape index (κ2) is 7.96. The van der Waals surface area contributed by atoms with Crippen molar-refractivity contribution < 1.29 is 13.9 Å². The molecule has 3 aromatic rings. The number of aliphatic hydroxyl groups excluding tert-OH is 1. The first-order valence-corrected chi connectivity index (χ1v) is 8.87. The Kier molecular flexibility index (Phi) is 5.65. The summed E-state index contributed by atoms with van der Waals surface area (Å²) in [4.78, 5) is 7.98. The number of hydrogen-bond acceptors (Lipinski definition) is 4. The second-order valence-corrected chi connectivity index (χ2v) is 7.24. The summed E-state index contributed by atoms with van der Waals surface area (Å²) in [5, 5.41) is 13.8. The molecule has 3 rings (SSSR count). The van der Waals surface area contributed by atoms with Gasteiger partial charge in [-0.3, -0.25) is 0 Å². The maximum Gasteiger partial charge on any atom is 0.297 e. The van der Waals surface area contributed by atoms with Gasteiger partial charge in [-0.2, -0.15) is 0 Å². The molecule has 0 spiro atoms. The largest absolute Gasteiger partial charge is 0.396 e. The Morgan fingerprint density at radius 3 is 2.33 bits per heavy atom. The van der Waals surface area contributed by atoms with Gasteiger partial charge in [0.25, 0.3) is 6.43 Å². The van der Waals surface area contributed by atoms with Gasteiger partial charge in [0.2, 0.25) is 0 Å². The molecule has 1 heterocycles. The van der Waals surface area contributed by atoms with Gasteiger partial charge < -0.3 is 10.4 Å². The normalized spacial score (nSPS) is 13.1. The number of alkyl halides is 2. The molecule has 142 valence electrons. The summed E-state index contributed by atoms with van der Waals surface area (Å²) in [5.74, 6) is -0.146. The zero-order valence-electron chi connectivity index (χ0n) is 15.4. The van der Waals surface area contributed by atoms with Crippen LogP contribution >= 0.6 is 0 Å². The minimum atomic E-state index is -2.74. The van der Waals surface area contributed by atoms with Crippen LogP contribution in [0.5, 0.6) is 0 Å². The summed E-state index contributed by atoms with van der Waals surface area (Å²) in [6.07, 6.45) is -2.74. The first-order valence-electron chi connectivity index (χ1n) is 8.87. The molecule has 0 fully saturated rings. The van der Waals surface area contributed by atoms with Crippen LogP contribution in [0.3, 0.4) is 0 Å². The predicted octanol–water partition coefficient (Wildman–Crippen LogP) is 4.78. The molecule has 2 N–H and O–H groups in total. The van der Waals surface area contributed by atoms with Crippen molar-refractivity contribution in [1.82, 2.24) is 9.97 Å². The molecule has 0 aliphatic rings. The summed E-state index contributed by atoms with van der Waals surface area (Å²) >= 11 is 0. The van der Waals surface area contributed by atoms with E-state index in [1.165, 1.54) is 0 Å². The van der Waals surface area contributed by atoms with Gasteiger partial charge in [0.1, 0.15) is 5.82 Å². The summed E-state index contributed by atoms with van der Waals surface area (Å²) in [7, 11) is 0. The highest BCUT2D eigenvalue weighted by atomic mass is 19.3. The van der Waals surface area contributed by atoms with Crippen LogP contribution in [0.15, 0.2) is 54.6 Å². The van der Waals surface area contributed by atoms with Crippen molar-refractivity contribution in [3.8, 4) is 0 Å². The van der Waals surface area contributed by atoms with Crippen LogP contribution in [0.1, 0.15) is 37.6 Å². The Hall–Kier alpha value is -2.60. The molecular weight excluding hydrogens is 348 g/mol. The Morgan fingerprint density at radius 1 is 1.00 bits per heavy atom. The zero-order chi connectivity index (χ0) is 19.4. The maximum absolute atomic E-state index is 13.2. The monoisotopic (exact) mass is 371 g/mol. The van der Waals surface area contributed by atoms with Gasteiger partial charge >= 0.3 is 0 Å². The highest BCUT2D eigenvalue weighted by Gasteiger charge is 2.30. The van der Waals surface area contributed by atoms with Crippen LogP contribution in [-0.4, -0.2) is 28.2 Å². The number of fused-ring (bicyclic) bond motifs is 1. The van der Waals surface area contributed by atoms with Crippen molar-refractivity contribution in [3.63, 3.8) is 0 Å². The number of para-hydroxylation sites is 1. The number of nitrogens with one attached hydrogen (secondary N) is 1. The van der Waals surface area contributed by atoms with E-state index in [2.05, 4.69) is 15.3 Å². The van der Waals surface area contributed by atoms with Gasteiger partial charge in [0, 0.05) is 24.5 Å². The molecule has 0 saturated carbocycles. The Bertz CT molecular complexity index is 900. The quantitative estimate of drug-likeness (QED) is 0.627. The number of aromatic nitrogens is 2. The van der Waals surface area contributed by atoms with Crippen molar-refractivity contribution in [3.05, 3.63) is 66.0 Å². The number of anilines is 1. The third kappa shape index (κ3) is 4.22. The van der Waals surface area contributed by atoms with Gasteiger partial charge in [-0.15, -0.1) is 0 Å². The lowest BCUT2D eigenvalue weighted by Gasteiger charge is -2.33. The first-order chi connectivity index (χ1) is 12.9. The fourth-order valence-electron chi connectivity index (χ4n) is 3.17. The molecule has 0 saturated heterocycles. The molecule has 6 heteroatoms. The van der Waals surface area contributed by atoms with Gasteiger partial charge in [-0.25, -0.2) is 18.7 Å². The number of aliphatic hydroxyl groups is 1. The summed E-state index contributed by atoms with van der Waals surface area (Å²) in [6.45, 7) is 4.41. The molecule has 1 aromatic heterocycles. The highest BCUT2D eigenvalue weighted by molar-refractivity contribution is 5.89. The molecule has 0 amide bonds. The van der Waals surface area contributed by atoms with Crippen molar-refractivity contribution in [2.45, 2.75) is 26.2 Å². The average Bonchev–Trinajstić information content (AvgIpc) is 2.68. The fraction of sp³-hybridized carbons (Fsp3) is 0.333. The summed E-state index contributed by atoms with van der Waals surface area (Å²) in [6, 6.07) is 16.9. The van der Waals surface area contributed by atoms with E-state index in [4.69, 9.17) is 0 Å². The third-order valence-corrected chi connectivity index (χ3v) is 4.84. The topological polar surface area (TPSA) is 58.0 Å². The lowest BCUT2D eigenvalue weighted by atomic mass is 9.75. The molecule has 0 aliphatic carbocycles. The number of halogens is 2. The molecule has 0 radical (unpaired) electrons. The third-order valence-electron chi connectivity index (χ3n) is 4.84. The van der Waals surface area contributed by atoms with E-state index in [9.17, 15) is 13.9 Å². The van der Waals surface area contributed by atoms with Crippen LogP contribution < -0.4 is 5.32 Å². The van der Waals surface area contributed by atoms with Gasteiger partial charge in [0.15, 0.2) is 5.82 Å². The van der Waals surface area contributed by atoms with E-state index in [0.717, 1.165) is 5.56 Å². The van der Waals surface area contributed by atoms with Gasteiger partial charge in [0.05, 0.1) is 5.52 Å². The zero-order valence-corrected chi connectivity index (χ0v) is 15.4. The van der Waals surface area contributed by atoms with E-state index in [1.807, 2.05) is 56.3 Å². The molecular formula is C21H23F2N3O. The second-order valence-electron chi connectivity index (χ2n) is 7.24. The van der Waals surface area contributed by atoms with E-state index < -0.39 is 17.7 Å². The highest BCUT2D eigenvalue weighted by Crippen LogP contribution is 2.36. The van der Waals surface area contributed by atoms with E-state index in [-0.39, 0.29) is 12.5 Å². The lowest BCUT2D eigenvalue weighted by molar-refractivity contribution is 0.134. The standard InChI is InChI=1S/C21H23F2N3O/c1-21(2,13-27)16(14-8-4-3-5-9-14)12-24-19-15-10-6-7-11-17(15)25-20(26-19)18(22)23/h3-11,16,18,27H,12-13H2,1-2H3,(H,24,25,26). The van der Waals surface area contributed by atoms with Crippen molar-refractivity contribution in [1.29, 1.82) is 0 Å². The number of rotatable bonds is 7. The molecule has 1 unspecified atom stereocenters. The average molecular weight is 371 g/mol. The number of benzene rings is 2. The van der Waals surface area contributed by atoms with Crippen LogP contribution in [0.2, 0.25) is 0 Å². The summed E-state index contributed by atoms with van der Waals surface area (Å²) < 4.78 is 26.4. The first kappa shape index (κ1) is 19.2. The Labute approximate surface area is 157 Å². The smallest absolute Gasteiger partial charge is 0.297 e. The molecule has 1 atom stereocenters. The van der Waals surface area contributed by atoms with Crippen LogP contribution in [-0.2, 0) is 0 Å². The van der Waals surface area contributed by atoms with E-state index in [0.29, 0.717) is 23.3 Å². The molecule has 2 aromatic carbocycles. The molecule has 27 heavy (non-hydrogen) atoms. The molecule has 0 bridgehead atoms. The van der Waals surface area contributed by atoms with Crippen molar-refractivity contribution in [2.24, 2.45) is 5.41 Å². The maximum atomic E-state index is 13.2. The summed E-state index contributed by atoms with van der Waals surface area (Å²) in [5.41, 5.74) is 1.14. The number of hydrogen-bond donors (Lipinski definition) is 2. The fourth-order valence-corrected chi connectivity index (χ4v) is 3.17. The minimum Gasteiger partial charge on any atom is -0.396 e. The predicted molar refractivity (Wildman–Crippen MR) is 103 cm³/mol. The lowest BCUT2D eigenvalue weighted by Crippen LogP contribution is -2.31. The molecule has 0 aliphatic heterocycles. The van der Waals surface area contributed by atoms with Crippen molar-refractivity contribution in [2.75, 3.05) is 18.5 Å². The Morgan fingerprint density at radius 2 is 1.67 bits per heavy atom. The van der Waals surface area contributed by atoms with Gasteiger partial charge in [-0.05, 0) is 23.1 Å².